The third-order valence-corrected chi connectivity index (χ3v) is 5.81. The first kappa shape index (κ1) is 16.1. The number of fused-ring (bicyclic) bond motifs is 1. The van der Waals surface area contributed by atoms with Gasteiger partial charge in [0.2, 0.25) is 0 Å². The van der Waals surface area contributed by atoms with E-state index >= 15 is 0 Å². The van der Waals surface area contributed by atoms with Gasteiger partial charge in [0, 0.05) is 17.6 Å². The van der Waals surface area contributed by atoms with Crippen molar-refractivity contribution in [3.05, 3.63) is 69.7 Å². The van der Waals surface area contributed by atoms with Crippen molar-refractivity contribution in [3.8, 4) is 5.69 Å². The van der Waals surface area contributed by atoms with E-state index in [1.54, 1.807) is 11.3 Å². The second kappa shape index (κ2) is 7.23. The molecule has 0 saturated heterocycles. The number of aryl methyl sites for hydroxylation is 2. The number of para-hydroxylation sites is 1. The van der Waals surface area contributed by atoms with Crippen LogP contribution in [-0.2, 0) is 19.3 Å². The maximum absolute atomic E-state index is 12.4. The van der Waals surface area contributed by atoms with Crippen molar-refractivity contribution in [2.75, 3.05) is 6.54 Å². The maximum atomic E-state index is 12.4. The predicted molar refractivity (Wildman–Crippen MR) is 101 cm³/mol. The lowest BCUT2D eigenvalue weighted by atomic mass is 9.99. The van der Waals surface area contributed by atoms with Gasteiger partial charge in [-0.05, 0) is 61.4 Å². The molecular weight excluding hydrogens is 330 g/mol. The SMILES string of the molecule is O=C(NCCc1cnn(-c2ccccc2)c1)c1cc2c(s1)CCCC2. The van der Waals surface area contributed by atoms with Crippen LogP contribution >= 0.6 is 11.3 Å². The maximum Gasteiger partial charge on any atom is 0.261 e. The number of carbonyl (C=O) groups excluding carboxylic acids is 1. The molecule has 4 nitrogen and oxygen atoms in total. The molecule has 128 valence electrons. The second-order valence-corrected chi connectivity index (χ2v) is 7.54. The zero-order valence-corrected chi connectivity index (χ0v) is 14.9. The highest BCUT2D eigenvalue weighted by Crippen LogP contribution is 2.29. The van der Waals surface area contributed by atoms with E-state index in [1.165, 1.54) is 23.3 Å². The van der Waals surface area contributed by atoms with Crippen LogP contribution in [0, 0.1) is 0 Å². The lowest BCUT2D eigenvalue weighted by molar-refractivity contribution is 0.0958. The van der Waals surface area contributed by atoms with Crippen molar-refractivity contribution in [2.45, 2.75) is 32.1 Å². The van der Waals surface area contributed by atoms with Crippen LogP contribution in [-0.4, -0.2) is 22.2 Å². The fourth-order valence-electron chi connectivity index (χ4n) is 3.22. The Hall–Kier alpha value is -2.40. The number of thiophene rings is 1. The number of nitrogens with one attached hydrogen (secondary N) is 1. The van der Waals surface area contributed by atoms with E-state index in [4.69, 9.17) is 0 Å². The molecule has 0 bridgehead atoms. The van der Waals surface area contributed by atoms with Gasteiger partial charge < -0.3 is 5.32 Å². The van der Waals surface area contributed by atoms with Gasteiger partial charge in [0.25, 0.3) is 5.91 Å². The van der Waals surface area contributed by atoms with Crippen LogP contribution in [0.1, 0.15) is 38.5 Å². The smallest absolute Gasteiger partial charge is 0.261 e. The van der Waals surface area contributed by atoms with Crippen LogP contribution in [0.3, 0.4) is 0 Å². The van der Waals surface area contributed by atoms with E-state index in [2.05, 4.69) is 16.5 Å². The van der Waals surface area contributed by atoms with Gasteiger partial charge in [0.15, 0.2) is 0 Å². The number of nitrogens with zero attached hydrogens (tertiary/aromatic N) is 2. The molecule has 0 spiro atoms. The Labute approximate surface area is 151 Å². The van der Waals surface area contributed by atoms with Gasteiger partial charge in [-0.3, -0.25) is 4.79 Å². The Morgan fingerprint density at radius 3 is 2.88 bits per heavy atom. The Bertz CT molecular complexity index is 843. The van der Waals surface area contributed by atoms with Crippen molar-refractivity contribution in [1.82, 2.24) is 15.1 Å². The molecule has 1 aliphatic rings. The molecule has 0 aliphatic heterocycles. The lowest BCUT2D eigenvalue weighted by Crippen LogP contribution is -2.24. The summed E-state index contributed by atoms with van der Waals surface area (Å²) < 4.78 is 1.87. The van der Waals surface area contributed by atoms with Crippen LogP contribution < -0.4 is 5.32 Å². The van der Waals surface area contributed by atoms with E-state index < -0.39 is 0 Å². The molecule has 1 N–H and O–H groups in total. The van der Waals surface area contributed by atoms with Crippen molar-refractivity contribution >= 4 is 17.2 Å². The molecule has 25 heavy (non-hydrogen) atoms. The summed E-state index contributed by atoms with van der Waals surface area (Å²) in [5.74, 6) is 0.0508. The Morgan fingerprint density at radius 1 is 1.20 bits per heavy atom. The zero-order chi connectivity index (χ0) is 17.1. The van der Waals surface area contributed by atoms with E-state index in [9.17, 15) is 4.79 Å². The first-order valence-corrected chi connectivity index (χ1v) is 9.60. The first-order valence-electron chi connectivity index (χ1n) is 8.78. The molecule has 3 aromatic rings. The van der Waals surface area contributed by atoms with E-state index in [0.717, 1.165) is 35.4 Å². The number of aromatic nitrogens is 2. The largest absolute Gasteiger partial charge is 0.351 e. The summed E-state index contributed by atoms with van der Waals surface area (Å²) >= 11 is 1.66. The van der Waals surface area contributed by atoms with Crippen molar-refractivity contribution in [3.63, 3.8) is 0 Å². The Morgan fingerprint density at radius 2 is 2.04 bits per heavy atom. The lowest BCUT2D eigenvalue weighted by Gasteiger charge is -2.08. The average Bonchev–Trinajstić information content (AvgIpc) is 3.29. The molecule has 1 aromatic carbocycles. The van der Waals surface area contributed by atoms with Gasteiger partial charge in [-0.2, -0.15) is 5.10 Å². The Kier molecular flexibility index (Phi) is 4.65. The van der Waals surface area contributed by atoms with Gasteiger partial charge in [0.1, 0.15) is 0 Å². The summed E-state index contributed by atoms with van der Waals surface area (Å²) in [6, 6.07) is 12.1. The summed E-state index contributed by atoms with van der Waals surface area (Å²) in [6.45, 7) is 0.627. The minimum absolute atomic E-state index is 0.0508. The van der Waals surface area contributed by atoms with E-state index in [0.29, 0.717) is 6.54 Å². The molecule has 2 heterocycles. The van der Waals surface area contributed by atoms with Crippen LogP contribution in [0.5, 0.6) is 0 Å². The third-order valence-electron chi connectivity index (χ3n) is 4.58. The Balaban J connectivity index is 1.32. The van der Waals surface area contributed by atoms with Crippen LogP contribution in [0.4, 0.5) is 0 Å². The summed E-state index contributed by atoms with van der Waals surface area (Å²) in [4.78, 5) is 14.6. The number of benzene rings is 1. The van der Waals surface area contributed by atoms with Crippen molar-refractivity contribution < 1.29 is 4.79 Å². The first-order chi connectivity index (χ1) is 12.3. The number of hydrogen-bond donors (Lipinski definition) is 1. The topological polar surface area (TPSA) is 46.9 Å². The molecule has 0 atom stereocenters. The minimum atomic E-state index is 0.0508. The number of amides is 1. The molecule has 4 rings (SSSR count). The highest BCUT2D eigenvalue weighted by molar-refractivity contribution is 7.14. The summed E-state index contributed by atoms with van der Waals surface area (Å²) in [5.41, 5.74) is 3.54. The molecule has 0 radical (unpaired) electrons. The van der Waals surface area contributed by atoms with Gasteiger partial charge in [-0.25, -0.2) is 4.68 Å². The van der Waals surface area contributed by atoms with Crippen LogP contribution in [0.2, 0.25) is 0 Å². The number of hydrogen-bond acceptors (Lipinski definition) is 3. The molecule has 1 aliphatic carbocycles. The highest BCUT2D eigenvalue weighted by atomic mass is 32.1. The minimum Gasteiger partial charge on any atom is -0.351 e. The van der Waals surface area contributed by atoms with Gasteiger partial charge in [0.05, 0.1) is 16.8 Å². The molecule has 1 amide bonds. The number of carbonyl (C=O) groups is 1. The monoisotopic (exact) mass is 351 g/mol. The molecule has 0 saturated carbocycles. The summed E-state index contributed by atoms with van der Waals surface area (Å²) in [5, 5.41) is 7.43. The fourth-order valence-corrected chi connectivity index (χ4v) is 4.39. The zero-order valence-electron chi connectivity index (χ0n) is 14.1. The highest BCUT2D eigenvalue weighted by Gasteiger charge is 2.16. The molecule has 0 fully saturated rings. The molecule has 2 aromatic heterocycles. The van der Waals surface area contributed by atoms with Gasteiger partial charge >= 0.3 is 0 Å². The van der Waals surface area contributed by atoms with Crippen molar-refractivity contribution in [1.29, 1.82) is 0 Å². The molecular formula is C20H21N3OS. The van der Waals surface area contributed by atoms with Crippen molar-refractivity contribution in [2.24, 2.45) is 0 Å². The van der Waals surface area contributed by atoms with Crippen LogP contribution in [0.15, 0.2) is 48.8 Å². The standard InChI is InChI=1S/C20H21N3OS/c24-20(19-12-16-6-4-5-9-18(16)25-19)21-11-10-15-13-22-23(14-15)17-7-2-1-3-8-17/h1-3,7-8,12-14H,4-6,9-11H2,(H,21,24). The normalized spacial score (nSPS) is 13.4. The summed E-state index contributed by atoms with van der Waals surface area (Å²) in [6.07, 6.45) is 9.41. The third kappa shape index (κ3) is 3.66. The van der Waals surface area contributed by atoms with E-state index in [1.807, 2.05) is 47.4 Å². The molecule has 5 heteroatoms. The van der Waals surface area contributed by atoms with Crippen LogP contribution in [0.25, 0.3) is 5.69 Å². The summed E-state index contributed by atoms with van der Waals surface area (Å²) in [7, 11) is 0. The fraction of sp³-hybridized carbons (Fsp3) is 0.300. The van der Waals surface area contributed by atoms with Gasteiger partial charge in [-0.15, -0.1) is 11.3 Å². The number of rotatable bonds is 5. The predicted octanol–water partition coefficient (Wildman–Crippen LogP) is 3.79. The van der Waals surface area contributed by atoms with Gasteiger partial charge in [-0.1, -0.05) is 18.2 Å². The molecule has 0 unspecified atom stereocenters. The average molecular weight is 351 g/mol. The van der Waals surface area contributed by atoms with E-state index in [-0.39, 0.29) is 5.91 Å². The second-order valence-electron chi connectivity index (χ2n) is 6.40. The quantitative estimate of drug-likeness (QED) is 0.760.